The summed E-state index contributed by atoms with van der Waals surface area (Å²) >= 11 is 1.49. The minimum atomic E-state index is -1.11. The number of benzene rings is 2. The van der Waals surface area contributed by atoms with Crippen LogP contribution in [0.5, 0.6) is 0 Å². The van der Waals surface area contributed by atoms with Crippen molar-refractivity contribution in [1.82, 2.24) is 15.5 Å². The first-order chi connectivity index (χ1) is 16.5. The number of ether oxygens (including phenoxy) is 1. The summed E-state index contributed by atoms with van der Waals surface area (Å²) in [6.45, 7) is 0.146. The first-order valence-electron chi connectivity index (χ1n) is 10.7. The van der Waals surface area contributed by atoms with Gasteiger partial charge in [0.25, 0.3) is 5.91 Å². The normalized spacial score (nSPS) is 13.0. The number of aromatic nitrogens is 2. The Hall–Kier alpha value is -3.79. The minimum absolute atomic E-state index is 0.0318. The third-order valence-corrected chi connectivity index (χ3v) is 6.25. The second-order valence-corrected chi connectivity index (χ2v) is 8.75. The highest BCUT2D eigenvalue weighted by atomic mass is 32.2. The third kappa shape index (κ3) is 5.07. The second kappa shape index (κ2) is 10.4. The minimum Gasteiger partial charge on any atom is -0.480 e. The molecule has 4 rings (SSSR count). The molecule has 1 unspecified atom stereocenters. The number of rotatable bonds is 9. The van der Waals surface area contributed by atoms with Crippen molar-refractivity contribution in [1.29, 1.82) is 0 Å². The fraction of sp³-hybridized carbons (Fsp3) is 0.250. The summed E-state index contributed by atoms with van der Waals surface area (Å²) in [5.41, 5.74) is 4.50. The van der Waals surface area contributed by atoms with E-state index in [0.29, 0.717) is 12.2 Å². The highest BCUT2D eigenvalue weighted by molar-refractivity contribution is 7.98. The number of carboxylic acid groups (broad SMARTS) is 1. The molecular weight excluding hydrogens is 456 g/mol. The molecule has 0 radical (unpaired) electrons. The standard InChI is InChI=1S/C24H24N4O5S/c1-34-11-10-19(23(30)31)25-22(29)20-12-21(28-27-20)26-24(32)33-13-18-16-8-4-2-6-14(16)15-7-3-5-9-17(15)18/h2-9,12,18-19H,10-11,13H2,1H3,(H,25,29)(H,30,31)(H2,26,27,28,32). The summed E-state index contributed by atoms with van der Waals surface area (Å²) in [5.74, 6) is -1.12. The van der Waals surface area contributed by atoms with Crippen LogP contribution in [-0.4, -0.2) is 57.9 Å². The molecule has 0 spiro atoms. The van der Waals surface area contributed by atoms with Gasteiger partial charge in [-0.1, -0.05) is 48.5 Å². The van der Waals surface area contributed by atoms with E-state index >= 15 is 0 Å². The van der Waals surface area contributed by atoms with E-state index in [9.17, 15) is 19.5 Å². The van der Waals surface area contributed by atoms with Crippen LogP contribution in [0, 0.1) is 0 Å². The Morgan fingerprint density at radius 1 is 1.12 bits per heavy atom. The molecule has 4 N–H and O–H groups in total. The summed E-state index contributed by atoms with van der Waals surface area (Å²) < 4.78 is 5.47. The maximum Gasteiger partial charge on any atom is 0.412 e. The Morgan fingerprint density at radius 3 is 2.38 bits per heavy atom. The molecule has 176 valence electrons. The molecule has 34 heavy (non-hydrogen) atoms. The molecule has 9 nitrogen and oxygen atoms in total. The number of carbonyl (C=O) groups excluding carboxylic acids is 2. The van der Waals surface area contributed by atoms with Crippen molar-refractivity contribution in [3.05, 3.63) is 71.4 Å². The SMILES string of the molecule is CSCCC(NC(=O)c1cc(NC(=O)OCC2c3ccccc3-c3ccccc32)n[nH]1)C(=O)O. The summed E-state index contributed by atoms with van der Waals surface area (Å²) in [5, 5.41) is 20.6. The van der Waals surface area contributed by atoms with Gasteiger partial charge in [-0.15, -0.1) is 0 Å². The largest absolute Gasteiger partial charge is 0.480 e. The monoisotopic (exact) mass is 480 g/mol. The topological polar surface area (TPSA) is 133 Å². The lowest BCUT2D eigenvalue weighted by atomic mass is 9.98. The van der Waals surface area contributed by atoms with Crippen molar-refractivity contribution in [2.24, 2.45) is 0 Å². The predicted octanol–water partition coefficient (Wildman–Crippen LogP) is 3.71. The lowest BCUT2D eigenvalue weighted by Crippen LogP contribution is -2.41. The maximum atomic E-state index is 12.4. The van der Waals surface area contributed by atoms with Crippen molar-refractivity contribution in [2.75, 3.05) is 23.9 Å². The number of anilines is 1. The van der Waals surface area contributed by atoms with Crippen LogP contribution in [0.25, 0.3) is 11.1 Å². The molecule has 0 aliphatic heterocycles. The number of aliphatic carboxylic acids is 1. The number of hydrogen-bond donors (Lipinski definition) is 4. The van der Waals surface area contributed by atoms with Crippen LogP contribution >= 0.6 is 11.8 Å². The molecule has 0 bridgehead atoms. The van der Waals surface area contributed by atoms with Crippen LogP contribution in [0.3, 0.4) is 0 Å². The lowest BCUT2D eigenvalue weighted by molar-refractivity contribution is -0.139. The van der Waals surface area contributed by atoms with Gasteiger partial charge in [0.05, 0.1) is 0 Å². The van der Waals surface area contributed by atoms with Crippen molar-refractivity contribution in [2.45, 2.75) is 18.4 Å². The van der Waals surface area contributed by atoms with Crippen molar-refractivity contribution < 1.29 is 24.2 Å². The van der Waals surface area contributed by atoms with Crippen LogP contribution in [0.4, 0.5) is 10.6 Å². The Balaban J connectivity index is 1.35. The quantitative estimate of drug-likeness (QED) is 0.367. The zero-order chi connectivity index (χ0) is 24.1. The third-order valence-electron chi connectivity index (χ3n) is 5.61. The molecule has 2 aromatic carbocycles. The Kier molecular flexibility index (Phi) is 7.17. The van der Waals surface area contributed by atoms with Gasteiger partial charge in [-0.2, -0.15) is 16.9 Å². The number of hydrogen-bond acceptors (Lipinski definition) is 6. The van der Waals surface area contributed by atoms with Crippen LogP contribution in [0.15, 0.2) is 54.6 Å². The van der Waals surface area contributed by atoms with Gasteiger partial charge in [-0.05, 0) is 40.7 Å². The van der Waals surface area contributed by atoms with Crippen molar-refractivity contribution in [3.8, 4) is 11.1 Å². The smallest absolute Gasteiger partial charge is 0.412 e. The van der Waals surface area contributed by atoms with Gasteiger partial charge in [-0.3, -0.25) is 15.2 Å². The van der Waals surface area contributed by atoms with Gasteiger partial charge in [0.15, 0.2) is 5.82 Å². The molecule has 1 aliphatic carbocycles. The first kappa shape index (κ1) is 23.4. The second-order valence-electron chi connectivity index (χ2n) is 7.76. The molecule has 3 aromatic rings. The van der Waals surface area contributed by atoms with Gasteiger partial charge in [0.1, 0.15) is 18.3 Å². The fourth-order valence-electron chi connectivity index (χ4n) is 3.97. The lowest BCUT2D eigenvalue weighted by Gasteiger charge is -2.14. The first-order valence-corrected chi connectivity index (χ1v) is 12.1. The molecular formula is C24H24N4O5S. The van der Waals surface area contributed by atoms with E-state index in [0.717, 1.165) is 22.3 Å². The predicted molar refractivity (Wildman–Crippen MR) is 129 cm³/mol. The zero-order valence-electron chi connectivity index (χ0n) is 18.4. The van der Waals surface area contributed by atoms with E-state index in [1.807, 2.05) is 42.7 Å². The van der Waals surface area contributed by atoms with Crippen LogP contribution < -0.4 is 10.6 Å². The Morgan fingerprint density at radius 2 is 1.76 bits per heavy atom. The van der Waals surface area contributed by atoms with Gasteiger partial charge >= 0.3 is 12.1 Å². The summed E-state index contributed by atoms with van der Waals surface area (Å²) in [6.07, 6.45) is 1.45. The summed E-state index contributed by atoms with van der Waals surface area (Å²) in [7, 11) is 0. The molecule has 1 aliphatic rings. The van der Waals surface area contributed by atoms with E-state index in [4.69, 9.17) is 4.74 Å². The van der Waals surface area contributed by atoms with Crippen LogP contribution in [-0.2, 0) is 9.53 Å². The number of aromatic amines is 1. The molecule has 1 aromatic heterocycles. The highest BCUT2D eigenvalue weighted by Crippen LogP contribution is 2.44. The Bertz CT molecular complexity index is 1170. The number of nitrogens with zero attached hydrogens (tertiary/aromatic N) is 1. The van der Waals surface area contributed by atoms with E-state index in [1.165, 1.54) is 17.8 Å². The van der Waals surface area contributed by atoms with E-state index in [2.05, 4.69) is 33.0 Å². The molecule has 0 saturated heterocycles. The number of amides is 2. The molecule has 1 heterocycles. The van der Waals surface area contributed by atoms with Gasteiger partial charge < -0.3 is 15.2 Å². The maximum absolute atomic E-state index is 12.4. The summed E-state index contributed by atoms with van der Waals surface area (Å²) in [6, 6.07) is 16.4. The number of fused-ring (bicyclic) bond motifs is 3. The number of carbonyl (C=O) groups is 3. The van der Waals surface area contributed by atoms with Crippen molar-refractivity contribution in [3.63, 3.8) is 0 Å². The number of thioether (sulfide) groups is 1. The fourth-order valence-corrected chi connectivity index (χ4v) is 4.44. The van der Waals surface area contributed by atoms with Crippen molar-refractivity contribution >= 4 is 35.5 Å². The number of nitrogens with one attached hydrogen (secondary N) is 3. The van der Waals surface area contributed by atoms with E-state index in [1.54, 1.807) is 0 Å². The van der Waals surface area contributed by atoms with Crippen LogP contribution in [0.1, 0.15) is 34.0 Å². The Labute approximate surface area is 200 Å². The van der Waals surface area contributed by atoms with E-state index in [-0.39, 0.29) is 24.0 Å². The average Bonchev–Trinajstić information content (AvgIpc) is 3.43. The van der Waals surface area contributed by atoms with Gasteiger partial charge in [0, 0.05) is 12.0 Å². The molecule has 1 atom stereocenters. The number of H-pyrrole nitrogens is 1. The number of carboxylic acids is 1. The average molecular weight is 481 g/mol. The van der Waals surface area contributed by atoms with E-state index < -0.39 is 24.0 Å². The molecule has 0 saturated carbocycles. The highest BCUT2D eigenvalue weighted by Gasteiger charge is 2.29. The molecule has 2 amide bonds. The molecule has 10 heteroatoms. The summed E-state index contributed by atoms with van der Waals surface area (Å²) in [4.78, 5) is 36.1. The van der Waals surface area contributed by atoms with Gasteiger partial charge in [0.2, 0.25) is 0 Å². The zero-order valence-corrected chi connectivity index (χ0v) is 19.2. The molecule has 0 fully saturated rings. The van der Waals surface area contributed by atoms with Crippen LogP contribution in [0.2, 0.25) is 0 Å². The van der Waals surface area contributed by atoms with Gasteiger partial charge in [-0.25, -0.2) is 9.59 Å².